The topological polar surface area (TPSA) is 99.7 Å². The molecule has 1 aliphatic heterocycles. The molecule has 4 rings (SSSR count). The molecule has 0 aliphatic carbocycles. The summed E-state index contributed by atoms with van der Waals surface area (Å²) in [5.41, 5.74) is 0.714. The quantitative estimate of drug-likeness (QED) is 0.701. The molecule has 0 unspecified atom stereocenters. The summed E-state index contributed by atoms with van der Waals surface area (Å²) in [6.45, 7) is 1.82. The van der Waals surface area contributed by atoms with Crippen molar-refractivity contribution in [3.8, 4) is 11.4 Å². The number of carbonyl (C=O) groups is 1. The van der Waals surface area contributed by atoms with E-state index >= 15 is 0 Å². The summed E-state index contributed by atoms with van der Waals surface area (Å²) in [6, 6.07) is 5.96. The molecule has 28 heavy (non-hydrogen) atoms. The van der Waals surface area contributed by atoms with Gasteiger partial charge in [-0.15, -0.1) is 0 Å². The van der Waals surface area contributed by atoms with Gasteiger partial charge in [-0.1, -0.05) is 0 Å². The zero-order chi connectivity index (χ0) is 19.3. The first-order chi connectivity index (χ1) is 13.7. The van der Waals surface area contributed by atoms with E-state index in [-0.39, 0.29) is 24.2 Å². The maximum atomic E-state index is 13.0. The van der Waals surface area contributed by atoms with Crippen LogP contribution in [0.25, 0.3) is 11.4 Å². The van der Waals surface area contributed by atoms with E-state index < -0.39 is 0 Å². The molecule has 1 aromatic carbocycles. The molecule has 3 heterocycles. The number of rotatable bonds is 5. The van der Waals surface area contributed by atoms with Crippen LogP contribution in [0.2, 0.25) is 0 Å². The Hall–Kier alpha value is -3.36. The lowest BCUT2D eigenvalue weighted by atomic mass is 9.96. The predicted molar refractivity (Wildman–Crippen MR) is 101 cm³/mol. The molecule has 0 atom stereocenters. The number of anilines is 1. The van der Waals surface area contributed by atoms with Crippen molar-refractivity contribution in [2.24, 2.45) is 5.92 Å². The van der Waals surface area contributed by atoms with Crippen molar-refractivity contribution in [2.45, 2.75) is 19.4 Å². The largest absolute Gasteiger partial charge is 0.355 e. The lowest BCUT2D eigenvalue weighted by Gasteiger charge is -2.31. The van der Waals surface area contributed by atoms with Crippen LogP contribution in [-0.4, -0.2) is 44.1 Å². The van der Waals surface area contributed by atoms with Gasteiger partial charge < -0.3 is 10.2 Å². The normalized spacial score (nSPS) is 14.8. The minimum absolute atomic E-state index is 0.0125. The molecule has 0 saturated carbocycles. The number of hydrogen-bond acceptors (Lipinski definition) is 6. The lowest BCUT2D eigenvalue weighted by Crippen LogP contribution is -2.40. The molecule has 0 bridgehead atoms. The van der Waals surface area contributed by atoms with Gasteiger partial charge in [-0.2, -0.15) is 5.10 Å². The number of piperidine rings is 1. The van der Waals surface area contributed by atoms with Crippen LogP contribution in [0, 0.1) is 11.7 Å². The molecule has 2 aromatic heterocycles. The number of benzene rings is 1. The summed E-state index contributed by atoms with van der Waals surface area (Å²) in [5.74, 6) is 1.55. The van der Waals surface area contributed by atoms with E-state index in [0.717, 1.165) is 31.7 Å². The van der Waals surface area contributed by atoms with E-state index in [1.54, 1.807) is 30.7 Å². The third kappa shape index (κ3) is 4.13. The van der Waals surface area contributed by atoms with Crippen molar-refractivity contribution in [3.63, 3.8) is 0 Å². The van der Waals surface area contributed by atoms with Crippen molar-refractivity contribution in [1.29, 1.82) is 0 Å². The van der Waals surface area contributed by atoms with Gasteiger partial charge in [0.2, 0.25) is 5.91 Å². The van der Waals surface area contributed by atoms with Crippen LogP contribution in [-0.2, 0) is 11.3 Å². The fourth-order valence-electron chi connectivity index (χ4n) is 3.24. The average Bonchev–Trinajstić information content (AvgIpc) is 3.22. The summed E-state index contributed by atoms with van der Waals surface area (Å²) in [6.07, 6.45) is 6.59. The molecule has 0 spiro atoms. The lowest BCUT2D eigenvalue weighted by molar-refractivity contribution is -0.125. The number of amides is 1. The third-order valence-electron chi connectivity index (χ3n) is 4.80. The number of nitrogens with zero attached hydrogens (tertiary/aromatic N) is 5. The molecule has 1 fully saturated rings. The van der Waals surface area contributed by atoms with Crippen LogP contribution >= 0.6 is 0 Å². The first kappa shape index (κ1) is 18.0. The number of aromatic amines is 1. The smallest absolute Gasteiger partial charge is 0.223 e. The predicted octanol–water partition coefficient (Wildman–Crippen LogP) is 1.93. The molecule has 144 valence electrons. The molecule has 9 heteroatoms. The highest BCUT2D eigenvalue weighted by Gasteiger charge is 2.25. The minimum Gasteiger partial charge on any atom is -0.355 e. The van der Waals surface area contributed by atoms with Crippen LogP contribution < -0.4 is 10.2 Å². The molecule has 2 N–H and O–H groups in total. The Bertz CT molecular complexity index is 921. The van der Waals surface area contributed by atoms with Gasteiger partial charge in [-0.25, -0.2) is 14.4 Å². The summed E-state index contributed by atoms with van der Waals surface area (Å²) >= 11 is 0. The number of H-pyrrole nitrogens is 1. The van der Waals surface area contributed by atoms with E-state index in [2.05, 4.69) is 35.4 Å². The second-order valence-electron chi connectivity index (χ2n) is 6.66. The highest BCUT2D eigenvalue weighted by Crippen LogP contribution is 2.21. The number of hydrogen-bond donors (Lipinski definition) is 2. The first-order valence-electron chi connectivity index (χ1n) is 9.15. The summed E-state index contributed by atoms with van der Waals surface area (Å²) in [4.78, 5) is 27.4. The van der Waals surface area contributed by atoms with Crippen molar-refractivity contribution >= 4 is 11.7 Å². The van der Waals surface area contributed by atoms with Crippen LogP contribution in [0.5, 0.6) is 0 Å². The van der Waals surface area contributed by atoms with Gasteiger partial charge in [0.25, 0.3) is 0 Å². The van der Waals surface area contributed by atoms with Crippen molar-refractivity contribution < 1.29 is 9.18 Å². The molecule has 1 aliphatic rings. The fourth-order valence-corrected chi connectivity index (χ4v) is 3.24. The molecular formula is C19H20FN7O. The second kappa shape index (κ2) is 8.12. The first-order valence-corrected chi connectivity index (χ1v) is 9.15. The van der Waals surface area contributed by atoms with Gasteiger partial charge in [0.15, 0.2) is 5.82 Å². The summed E-state index contributed by atoms with van der Waals surface area (Å²) in [5, 5.41) is 9.85. The molecule has 3 aromatic rings. The van der Waals surface area contributed by atoms with E-state index in [1.165, 1.54) is 12.1 Å². The number of carbonyl (C=O) groups excluding carboxylic acids is 1. The molecule has 1 saturated heterocycles. The highest BCUT2D eigenvalue weighted by atomic mass is 19.1. The van der Waals surface area contributed by atoms with Crippen LogP contribution in [0.3, 0.4) is 0 Å². The number of nitrogens with one attached hydrogen (secondary N) is 2. The van der Waals surface area contributed by atoms with Crippen LogP contribution in [0.15, 0.2) is 42.9 Å². The average molecular weight is 381 g/mol. The Morgan fingerprint density at radius 1 is 1.21 bits per heavy atom. The molecular weight excluding hydrogens is 361 g/mol. The van der Waals surface area contributed by atoms with Crippen molar-refractivity contribution in [3.05, 3.63) is 54.5 Å². The van der Waals surface area contributed by atoms with Gasteiger partial charge in [0, 0.05) is 37.0 Å². The van der Waals surface area contributed by atoms with E-state index in [0.29, 0.717) is 17.2 Å². The maximum absolute atomic E-state index is 13.0. The van der Waals surface area contributed by atoms with Crippen LogP contribution in [0.1, 0.15) is 18.7 Å². The Labute approximate surface area is 161 Å². The summed E-state index contributed by atoms with van der Waals surface area (Å²) < 4.78 is 13.0. The van der Waals surface area contributed by atoms with Gasteiger partial charge >= 0.3 is 0 Å². The third-order valence-corrected chi connectivity index (χ3v) is 4.80. The van der Waals surface area contributed by atoms with E-state index in [4.69, 9.17) is 0 Å². The second-order valence-corrected chi connectivity index (χ2v) is 6.66. The maximum Gasteiger partial charge on any atom is 0.223 e. The van der Waals surface area contributed by atoms with Crippen LogP contribution in [0.4, 0.5) is 10.2 Å². The molecule has 1 amide bonds. The zero-order valence-electron chi connectivity index (χ0n) is 15.2. The Kier molecular flexibility index (Phi) is 5.22. The molecule has 0 radical (unpaired) electrons. The standard InChI is InChI=1S/C19H20FN7O/c20-15-3-1-13(2-4-15)18-24-16(25-26-18)11-23-19(28)14-5-9-27(10-6-14)17-12-21-7-8-22-17/h1-4,7-8,12,14H,5-6,9-11H2,(H,23,28)(H,24,25,26). The summed E-state index contributed by atoms with van der Waals surface area (Å²) in [7, 11) is 0. The fraction of sp³-hybridized carbons (Fsp3) is 0.316. The van der Waals surface area contributed by atoms with Gasteiger partial charge in [0.1, 0.15) is 17.5 Å². The van der Waals surface area contributed by atoms with Gasteiger partial charge in [-0.3, -0.25) is 14.9 Å². The Balaban J connectivity index is 1.28. The minimum atomic E-state index is -0.308. The number of aromatic nitrogens is 5. The highest BCUT2D eigenvalue weighted by molar-refractivity contribution is 5.78. The molecule has 8 nitrogen and oxygen atoms in total. The SMILES string of the molecule is O=C(NCc1nc(-c2ccc(F)cc2)n[nH]1)C1CCN(c2cnccn2)CC1. The van der Waals surface area contributed by atoms with E-state index in [1.807, 2.05) is 0 Å². The van der Waals surface area contributed by atoms with Crippen molar-refractivity contribution in [2.75, 3.05) is 18.0 Å². The zero-order valence-corrected chi connectivity index (χ0v) is 15.2. The monoisotopic (exact) mass is 381 g/mol. The Morgan fingerprint density at radius 3 is 2.71 bits per heavy atom. The number of halogens is 1. The van der Waals surface area contributed by atoms with Crippen molar-refractivity contribution in [1.82, 2.24) is 30.5 Å². The van der Waals surface area contributed by atoms with Gasteiger partial charge in [-0.05, 0) is 37.1 Å². The Morgan fingerprint density at radius 2 is 2.00 bits per heavy atom. The van der Waals surface area contributed by atoms with Gasteiger partial charge in [0.05, 0.1) is 12.7 Å². The van der Waals surface area contributed by atoms with E-state index in [9.17, 15) is 9.18 Å².